The van der Waals surface area contributed by atoms with Crippen LogP contribution in [0.3, 0.4) is 0 Å². The summed E-state index contributed by atoms with van der Waals surface area (Å²) >= 11 is 1.54. The molecular formula is C28H24FN3O3S. The third kappa shape index (κ3) is 4.59. The summed E-state index contributed by atoms with van der Waals surface area (Å²) in [5.74, 6) is -0.533. The first-order valence-electron chi connectivity index (χ1n) is 11.7. The number of fused-ring (bicyclic) bond motifs is 1. The standard InChI is InChI=1S/C28H24FN3O3S/c1-3-24-28(34)32(17(2)26(33)30-21-12-10-20(29)11-13-21)23-15-19(9-14-25(23)35-24)22-16-36-27(31-22)18-7-5-4-6-8-18/h4-17,24H,3H2,1-2H3,(H,30,33). The van der Waals surface area contributed by atoms with Gasteiger partial charge in [0.05, 0.1) is 11.4 Å². The van der Waals surface area contributed by atoms with Gasteiger partial charge in [0.15, 0.2) is 6.10 Å². The van der Waals surface area contributed by atoms with Crippen molar-refractivity contribution < 1.29 is 18.7 Å². The molecule has 0 saturated heterocycles. The molecule has 5 rings (SSSR count). The van der Waals surface area contributed by atoms with E-state index in [1.165, 1.54) is 40.5 Å². The fraction of sp³-hybridized carbons (Fsp3) is 0.179. The van der Waals surface area contributed by atoms with Gasteiger partial charge in [-0.15, -0.1) is 11.3 Å². The zero-order valence-corrected chi connectivity index (χ0v) is 20.6. The van der Waals surface area contributed by atoms with Gasteiger partial charge in [-0.3, -0.25) is 14.5 Å². The number of nitrogens with zero attached hydrogens (tertiary/aromatic N) is 2. The first-order valence-corrected chi connectivity index (χ1v) is 12.5. The average Bonchev–Trinajstić information content (AvgIpc) is 3.40. The quantitative estimate of drug-likeness (QED) is 0.344. The van der Waals surface area contributed by atoms with Crippen LogP contribution < -0.4 is 15.0 Å². The van der Waals surface area contributed by atoms with Gasteiger partial charge in [0.25, 0.3) is 5.91 Å². The van der Waals surface area contributed by atoms with Crippen LogP contribution in [0.5, 0.6) is 5.75 Å². The highest BCUT2D eigenvalue weighted by Gasteiger charge is 2.38. The van der Waals surface area contributed by atoms with Gasteiger partial charge in [-0.2, -0.15) is 0 Å². The summed E-state index contributed by atoms with van der Waals surface area (Å²) in [6.45, 7) is 3.53. The number of aromatic nitrogens is 1. The largest absolute Gasteiger partial charge is 0.478 e. The fourth-order valence-corrected chi connectivity index (χ4v) is 4.95. The SMILES string of the molecule is CCC1Oc2ccc(-c3csc(-c4ccccc4)n3)cc2N(C(C)C(=O)Nc2ccc(F)cc2)C1=O. The van der Waals surface area contributed by atoms with Crippen LogP contribution in [0.2, 0.25) is 0 Å². The molecule has 2 unspecified atom stereocenters. The van der Waals surface area contributed by atoms with Crippen molar-refractivity contribution >= 4 is 34.5 Å². The minimum absolute atomic E-state index is 0.285. The molecule has 182 valence electrons. The van der Waals surface area contributed by atoms with Crippen molar-refractivity contribution in [2.45, 2.75) is 32.4 Å². The van der Waals surface area contributed by atoms with Crippen LogP contribution in [-0.2, 0) is 9.59 Å². The Morgan fingerprint density at radius 2 is 1.86 bits per heavy atom. The van der Waals surface area contributed by atoms with Gasteiger partial charge in [-0.1, -0.05) is 37.3 Å². The monoisotopic (exact) mass is 501 g/mol. The third-order valence-corrected chi connectivity index (χ3v) is 6.96. The molecule has 2 amide bonds. The summed E-state index contributed by atoms with van der Waals surface area (Å²) in [4.78, 5) is 32.7. The lowest BCUT2D eigenvalue weighted by molar-refractivity contribution is -0.129. The van der Waals surface area contributed by atoms with E-state index in [2.05, 4.69) is 5.32 Å². The zero-order chi connectivity index (χ0) is 25.2. The van der Waals surface area contributed by atoms with Gasteiger partial charge in [-0.25, -0.2) is 9.37 Å². The highest BCUT2D eigenvalue weighted by Crippen LogP contribution is 2.40. The smallest absolute Gasteiger partial charge is 0.268 e. The lowest BCUT2D eigenvalue weighted by Crippen LogP contribution is -2.53. The maximum atomic E-state index is 13.4. The van der Waals surface area contributed by atoms with Crippen LogP contribution in [0.1, 0.15) is 20.3 Å². The van der Waals surface area contributed by atoms with Gasteiger partial charge in [0.2, 0.25) is 5.91 Å². The zero-order valence-electron chi connectivity index (χ0n) is 19.8. The number of carbonyl (C=O) groups excluding carboxylic acids is 2. The molecule has 0 bridgehead atoms. The summed E-state index contributed by atoms with van der Waals surface area (Å²) in [5, 5.41) is 5.63. The van der Waals surface area contributed by atoms with E-state index in [4.69, 9.17) is 9.72 Å². The summed E-state index contributed by atoms with van der Waals surface area (Å²) in [6, 6.07) is 20.2. The molecule has 1 aliphatic heterocycles. The van der Waals surface area contributed by atoms with Crippen molar-refractivity contribution in [1.82, 2.24) is 4.98 Å². The number of hydrogen-bond acceptors (Lipinski definition) is 5. The van der Waals surface area contributed by atoms with E-state index in [0.717, 1.165) is 21.8 Å². The summed E-state index contributed by atoms with van der Waals surface area (Å²) in [6.07, 6.45) is -0.219. The highest BCUT2D eigenvalue weighted by atomic mass is 32.1. The average molecular weight is 502 g/mol. The highest BCUT2D eigenvalue weighted by molar-refractivity contribution is 7.13. The Hall–Kier alpha value is -4.04. The van der Waals surface area contributed by atoms with Gasteiger partial charge in [-0.05, 0) is 55.8 Å². The molecule has 6 nitrogen and oxygen atoms in total. The van der Waals surface area contributed by atoms with E-state index in [9.17, 15) is 14.0 Å². The van der Waals surface area contributed by atoms with Crippen molar-refractivity contribution in [3.63, 3.8) is 0 Å². The maximum Gasteiger partial charge on any atom is 0.268 e. The van der Waals surface area contributed by atoms with E-state index in [0.29, 0.717) is 23.5 Å². The number of benzene rings is 3. The summed E-state index contributed by atoms with van der Waals surface area (Å²) < 4.78 is 19.2. The maximum absolute atomic E-state index is 13.4. The van der Waals surface area contributed by atoms with Gasteiger partial charge in [0, 0.05) is 22.2 Å². The van der Waals surface area contributed by atoms with Crippen LogP contribution in [0, 0.1) is 5.82 Å². The molecule has 2 heterocycles. The number of thiazole rings is 1. The number of carbonyl (C=O) groups is 2. The summed E-state index contributed by atoms with van der Waals surface area (Å²) in [7, 11) is 0. The molecular weight excluding hydrogens is 477 g/mol. The Bertz CT molecular complexity index is 1410. The lowest BCUT2D eigenvalue weighted by atomic mass is 10.0. The molecule has 1 aromatic heterocycles. The van der Waals surface area contributed by atoms with Crippen LogP contribution in [-0.4, -0.2) is 28.9 Å². The molecule has 0 radical (unpaired) electrons. The Morgan fingerprint density at radius 3 is 2.58 bits per heavy atom. The second kappa shape index (κ2) is 9.91. The molecule has 3 aromatic carbocycles. The van der Waals surface area contributed by atoms with Crippen molar-refractivity contribution in [3.05, 3.63) is 84.0 Å². The Labute approximate surface area is 212 Å². The van der Waals surface area contributed by atoms with E-state index < -0.39 is 18.0 Å². The Balaban J connectivity index is 1.47. The van der Waals surface area contributed by atoms with Crippen LogP contribution in [0.25, 0.3) is 21.8 Å². The van der Waals surface area contributed by atoms with E-state index >= 15 is 0 Å². The number of hydrogen-bond donors (Lipinski definition) is 1. The molecule has 2 atom stereocenters. The first kappa shape index (κ1) is 23.7. The molecule has 36 heavy (non-hydrogen) atoms. The van der Waals surface area contributed by atoms with E-state index in [1.54, 1.807) is 6.92 Å². The topological polar surface area (TPSA) is 71.5 Å². The molecule has 8 heteroatoms. The second-order valence-electron chi connectivity index (χ2n) is 8.48. The van der Waals surface area contributed by atoms with Crippen LogP contribution in [0.15, 0.2) is 78.2 Å². The lowest BCUT2D eigenvalue weighted by Gasteiger charge is -2.37. The molecule has 0 fully saturated rings. The van der Waals surface area contributed by atoms with Crippen molar-refractivity contribution in [3.8, 4) is 27.6 Å². The van der Waals surface area contributed by atoms with Gasteiger partial charge in [0.1, 0.15) is 22.6 Å². The molecule has 1 N–H and O–H groups in total. The van der Waals surface area contributed by atoms with Gasteiger partial charge >= 0.3 is 0 Å². The number of amides is 2. The van der Waals surface area contributed by atoms with Crippen molar-refractivity contribution in [2.75, 3.05) is 10.2 Å². The Kier molecular flexibility index (Phi) is 6.52. The van der Waals surface area contributed by atoms with Crippen molar-refractivity contribution in [2.24, 2.45) is 0 Å². The van der Waals surface area contributed by atoms with Crippen LogP contribution in [0.4, 0.5) is 15.8 Å². The predicted molar refractivity (Wildman–Crippen MR) is 140 cm³/mol. The fourth-order valence-electron chi connectivity index (χ4n) is 4.12. The number of rotatable bonds is 6. The van der Waals surface area contributed by atoms with E-state index in [1.807, 2.05) is 60.8 Å². The van der Waals surface area contributed by atoms with Gasteiger partial charge < -0.3 is 10.1 Å². The number of nitrogens with one attached hydrogen (secondary N) is 1. The molecule has 1 aliphatic rings. The molecule has 0 aliphatic carbocycles. The number of ether oxygens (including phenoxy) is 1. The normalized spacial score (nSPS) is 15.7. The predicted octanol–water partition coefficient (Wildman–Crippen LogP) is 6.15. The molecule has 0 spiro atoms. The molecule has 4 aromatic rings. The van der Waals surface area contributed by atoms with Crippen molar-refractivity contribution in [1.29, 1.82) is 0 Å². The summed E-state index contributed by atoms with van der Waals surface area (Å²) in [5.41, 5.74) is 3.58. The number of anilines is 2. The first-order chi connectivity index (χ1) is 17.4. The Morgan fingerprint density at radius 1 is 1.11 bits per heavy atom. The second-order valence-corrected chi connectivity index (χ2v) is 9.34. The minimum Gasteiger partial charge on any atom is -0.478 e. The number of halogens is 1. The van der Waals surface area contributed by atoms with E-state index in [-0.39, 0.29) is 11.8 Å². The minimum atomic E-state index is -0.829. The van der Waals surface area contributed by atoms with Crippen LogP contribution >= 0.6 is 11.3 Å². The molecule has 0 saturated carbocycles. The third-order valence-electron chi connectivity index (χ3n) is 6.07.